The topological polar surface area (TPSA) is 41.8 Å². The molecule has 0 aliphatic heterocycles. The highest BCUT2D eigenvalue weighted by molar-refractivity contribution is 5.90. The molecule has 0 unspecified atom stereocenters. The minimum absolute atomic E-state index is 0.750. The van der Waals surface area contributed by atoms with Gasteiger partial charge >= 0.3 is 0 Å². The first-order valence-electron chi connectivity index (χ1n) is 8.17. The van der Waals surface area contributed by atoms with Gasteiger partial charge < -0.3 is 10.7 Å². The minimum Gasteiger partial charge on any atom is -0.358 e. The second-order valence-electron chi connectivity index (χ2n) is 5.54. The van der Waals surface area contributed by atoms with Gasteiger partial charge in [0.1, 0.15) is 0 Å². The molecule has 3 N–H and O–H groups in total. The van der Waals surface area contributed by atoms with Gasteiger partial charge in [0.15, 0.2) is 0 Å². The van der Waals surface area contributed by atoms with E-state index in [-0.39, 0.29) is 0 Å². The predicted octanol–water partition coefficient (Wildman–Crippen LogP) is 5.04. The molecule has 0 spiro atoms. The van der Waals surface area contributed by atoms with E-state index >= 15 is 0 Å². The van der Waals surface area contributed by atoms with Crippen molar-refractivity contribution in [3.8, 4) is 12.8 Å². The van der Waals surface area contributed by atoms with E-state index < -0.39 is 0 Å². The van der Waals surface area contributed by atoms with E-state index in [1.807, 2.05) is 6.92 Å². The smallest absolute Gasteiger partial charge is 0.0491 e. The fraction of sp³-hybridized carbons (Fsp3) is 0.500. The molecule has 0 saturated carbocycles. The van der Waals surface area contributed by atoms with E-state index in [2.05, 4.69) is 57.7 Å². The predicted molar refractivity (Wildman–Crippen MR) is 100 cm³/mol. The highest BCUT2D eigenvalue weighted by atomic mass is 14.7. The van der Waals surface area contributed by atoms with E-state index in [4.69, 9.17) is 5.73 Å². The maximum absolute atomic E-state index is 4.85. The Balaban J connectivity index is 0.000000789. The summed E-state index contributed by atoms with van der Waals surface area (Å²) in [4.78, 5) is 3.56. The van der Waals surface area contributed by atoms with Crippen molar-refractivity contribution >= 4 is 10.9 Å². The van der Waals surface area contributed by atoms with Gasteiger partial charge in [-0.15, -0.1) is 12.8 Å². The van der Waals surface area contributed by atoms with Crippen LogP contribution < -0.4 is 5.73 Å². The Kier molecular flexibility index (Phi) is 10.1. The van der Waals surface area contributed by atoms with Crippen LogP contribution in [-0.4, -0.2) is 11.5 Å². The summed E-state index contributed by atoms with van der Waals surface area (Å²) < 4.78 is 0. The van der Waals surface area contributed by atoms with Gasteiger partial charge in [-0.1, -0.05) is 38.8 Å². The molecule has 0 saturated heterocycles. The van der Waals surface area contributed by atoms with E-state index in [1.165, 1.54) is 59.0 Å². The van der Waals surface area contributed by atoms with Gasteiger partial charge in [0.25, 0.3) is 0 Å². The molecule has 0 fully saturated rings. The van der Waals surface area contributed by atoms with Crippen LogP contribution in [0, 0.1) is 33.6 Å². The fourth-order valence-electron chi connectivity index (χ4n) is 2.68. The number of hydrogen-bond donors (Lipinski definition) is 2. The molecule has 2 rings (SSSR count). The number of rotatable bonds is 4. The fourth-order valence-corrected chi connectivity index (χ4v) is 2.68. The van der Waals surface area contributed by atoms with Crippen molar-refractivity contribution < 1.29 is 0 Å². The second kappa shape index (κ2) is 10.9. The molecule has 1 aromatic carbocycles. The van der Waals surface area contributed by atoms with Crippen LogP contribution in [-0.2, 0) is 6.42 Å². The molecule has 0 bridgehead atoms. The van der Waals surface area contributed by atoms with Gasteiger partial charge in [0.2, 0.25) is 0 Å². The van der Waals surface area contributed by atoms with E-state index in [9.17, 15) is 0 Å². The Morgan fingerprint density at radius 2 is 1.55 bits per heavy atom. The monoisotopic (exact) mass is 300 g/mol. The van der Waals surface area contributed by atoms with Crippen LogP contribution in [0.2, 0.25) is 0 Å². The Labute approximate surface area is 136 Å². The summed E-state index contributed by atoms with van der Waals surface area (Å²) in [5.41, 5.74) is 11.8. The van der Waals surface area contributed by atoms with E-state index in [0.29, 0.717) is 0 Å². The molecular formula is C20H32N2. The van der Waals surface area contributed by atoms with Crippen LogP contribution >= 0.6 is 0 Å². The first-order valence-corrected chi connectivity index (χ1v) is 8.17. The molecule has 22 heavy (non-hydrogen) atoms. The third kappa shape index (κ3) is 5.24. The Hall–Kier alpha value is -1.72. The molecule has 2 heteroatoms. The maximum Gasteiger partial charge on any atom is 0.0491 e. The number of nitrogens with two attached hydrogens (primary N) is 1. The average molecular weight is 300 g/mol. The number of unbranched alkanes of at least 4 members (excludes halogenated alkanes) is 2. The molecule has 122 valence electrons. The summed E-state index contributed by atoms with van der Waals surface area (Å²) in [6.07, 6.45) is 13.1. The number of nitrogens with one attached hydrogen (secondary N) is 1. The number of terminal acetylenes is 1. The summed E-state index contributed by atoms with van der Waals surface area (Å²) in [6, 6.07) is 4.46. The van der Waals surface area contributed by atoms with E-state index in [1.54, 1.807) is 0 Å². The zero-order chi connectivity index (χ0) is 17.1. The number of aromatic nitrogens is 1. The third-order valence-electron chi connectivity index (χ3n) is 3.72. The van der Waals surface area contributed by atoms with Crippen molar-refractivity contribution in [1.82, 2.24) is 4.98 Å². The van der Waals surface area contributed by atoms with Gasteiger partial charge in [-0.2, -0.15) is 0 Å². The lowest BCUT2D eigenvalue weighted by Gasteiger charge is -2.04. The number of benzene rings is 1. The van der Waals surface area contributed by atoms with Crippen molar-refractivity contribution in [3.05, 3.63) is 34.5 Å². The molecular weight excluding hydrogens is 268 g/mol. The number of H-pyrrole nitrogens is 1. The number of aromatic amines is 1. The van der Waals surface area contributed by atoms with Crippen LogP contribution in [0.1, 0.15) is 55.5 Å². The van der Waals surface area contributed by atoms with Crippen LogP contribution in [0.4, 0.5) is 0 Å². The van der Waals surface area contributed by atoms with Crippen LogP contribution in [0.5, 0.6) is 0 Å². The van der Waals surface area contributed by atoms with Crippen molar-refractivity contribution in [1.29, 1.82) is 0 Å². The van der Waals surface area contributed by atoms with Crippen molar-refractivity contribution in [2.24, 2.45) is 5.73 Å². The standard InChI is InChI=1S/C16H23N.C2H7N.C2H2/c1-5-6-7-8-14-13(4)17-16-12(3)10-9-11(2)15(14)16;1-2-3;1-2/h9-10,17H,5-8H2,1-4H3;2-3H2,1H3;1-2H. The minimum atomic E-state index is 0.750. The lowest BCUT2D eigenvalue weighted by atomic mass is 9.99. The Morgan fingerprint density at radius 1 is 1.00 bits per heavy atom. The second-order valence-corrected chi connectivity index (χ2v) is 5.54. The summed E-state index contributed by atoms with van der Waals surface area (Å²) in [6.45, 7) is 11.5. The normalized spacial score (nSPS) is 9.64. The van der Waals surface area contributed by atoms with Crippen LogP contribution in [0.15, 0.2) is 12.1 Å². The molecule has 0 amide bonds. The zero-order valence-corrected chi connectivity index (χ0v) is 14.9. The highest BCUT2D eigenvalue weighted by Crippen LogP contribution is 2.29. The molecule has 0 aliphatic carbocycles. The average Bonchev–Trinajstić information content (AvgIpc) is 2.85. The molecule has 1 aromatic heterocycles. The number of fused-ring (bicyclic) bond motifs is 1. The van der Waals surface area contributed by atoms with Crippen molar-refractivity contribution in [2.45, 2.75) is 60.3 Å². The van der Waals surface area contributed by atoms with Gasteiger partial charge in [0, 0.05) is 16.6 Å². The lowest BCUT2D eigenvalue weighted by molar-refractivity contribution is 0.717. The van der Waals surface area contributed by atoms with Gasteiger partial charge in [0.05, 0.1) is 0 Å². The first-order chi connectivity index (χ1) is 10.6. The largest absolute Gasteiger partial charge is 0.358 e. The molecule has 1 heterocycles. The maximum atomic E-state index is 4.85. The van der Waals surface area contributed by atoms with Crippen molar-refractivity contribution in [2.75, 3.05) is 6.54 Å². The molecule has 2 nitrogen and oxygen atoms in total. The van der Waals surface area contributed by atoms with E-state index in [0.717, 1.165) is 6.54 Å². The molecule has 0 atom stereocenters. The van der Waals surface area contributed by atoms with Crippen molar-refractivity contribution in [3.63, 3.8) is 0 Å². The molecule has 0 radical (unpaired) electrons. The third-order valence-corrected chi connectivity index (χ3v) is 3.72. The summed E-state index contributed by atoms with van der Waals surface area (Å²) in [5.74, 6) is 0. The Morgan fingerprint density at radius 3 is 2.09 bits per heavy atom. The molecule has 2 aromatic rings. The number of aryl methyl sites for hydroxylation is 4. The highest BCUT2D eigenvalue weighted by Gasteiger charge is 2.11. The van der Waals surface area contributed by atoms with Gasteiger partial charge in [-0.25, -0.2) is 0 Å². The Bertz CT molecular complexity index is 576. The van der Waals surface area contributed by atoms with Crippen LogP contribution in [0.3, 0.4) is 0 Å². The molecule has 0 aliphatic rings. The number of hydrogen-bond acceptors (Lipinski definition) is 1. The first kappa shape index (κ1) is 20.3. The van der Waals surface area contributed by atoms with Gasteiger partial charge in [-0.3, -0.25) is 0 Å². The lowest BCUT2D eigenvalue weighted by Crippen LogP contribution is -1.88. The zero-order valence-electron chi connectivity index (χ0n) is 14.9. The summed E-state index contributed by atoms with van der Waals surface area (Å²) in [7, 11) is 0. The SMILES string of the molecule is C#C.CCCCCc1c(C)[nH]c2c(C)ccc(C)c12.CCN. The summed E-state index contributed by atoms with van der Waals surface area (Å²) >= 11 is 0. The summed E-state index contributed by atoms with van der Waals surface area (Å²) in [5, 5.41) is 1.47. The quantitative estimate of drug-likeness (QED) is 0.603. The van der Waals surface area contributed by atoms with Gasteiger partial charge in [-0.05, 0) is 56.8 Å². The van der Waals surface area contributed by atoms with Crippen LogP contribution in [0.25, 0.3) is 10.9 Å².